The average Bonchev–Trinajstić information content (AvgIpc) is 2.31. The van der Waals surface area contributed by atoms with Gasteiger partial charge in [-0.3, -0.25) is 9.59 Å². The van der Waals surface area contributed by atoms with Crippen molar-refractivity contribution in [1.29, 1.82) is 0 Å². The second kappa shape index (κ2) is 6.21. The van der Waals surface area contributed by atoms with Crippen LogP contribution in [0.15, 0.2) is 0 Å². The fourth-order valence-electron chi connectivity index (χ4n) is 3.05. The minimum atomic E-state index is -0.701. The fraction of sp³-hybridized carbons (Fsp3) is 0.857. The number of carboxylic acids is 1. The molecule has 1 amide bonds. The summed E-state index contributed by atoms with van der Waals surface area (Å²) in [6.07, 6.45) is 8.02. The van der Waals surface area contributed by atoms with E-state index in [4.69, 9.17) is 5.11 Å². The summed E-state index contributed by atoms with van der Waals surface area (Å²) in [6.45, 7) is 0.544. The average molecular weight is 253 g/mol. The summed E-state index contributed by atoms with van der Waals surface area (Å²) in [6, 6.07) is 0. The smallest absolute Gasteiger partial charge is 0.306 e. The number of nitrogens with one attached hydrogen (secondary N) is 1. The zero-order valence-electron chi connectivity index (χ0n) is 10.9. The third-order valence-corrected chi connectivity index (χ3v) is 4.49. The van der Waals surface area contributed by atoms with Crippen LogP contribution in [-0.2, 0) is 9.59 Å². The number of amides is 1. The van der Waals surface area contributed by atoms with Crippen molar-refractivity contribution in [2.24, 2.45) is 17.8 Å². The third kappa shape index (κ3) is 3.47. The van der Waals surface area contributed by atoms with Gasteiger partial charge in [-0.1, -0.05) is 19.3 Å². The number of carbonyl (C=O) groups is 2. The molecule has 2 saturated carbocycles. The van der Waals surface area contributed by atoms with Gasteiger partial charge in [-0.05, 0) is 37.5 Å². The molecule has 0 aliphatic heterocycles. The number of hydrogen-bond acceptors (Lipinski definition) is 2. The summed E-state index contributed by atoms with van der Waals surface area (Å²) in [5, 5.41) is 12.1. The molecule has 2 N–H and O–H groups in total. The molecule has 4 heteroatoms. The van der Waals surface area contributed by atoms with Gasteiger partial charge in [-0.15, -0.1) is 0 Å². The fourth-order valence-corrected chi connectivity index (χ4v) is 3.05. The molecule has 18 heavy (non-hydrogen) atoms. The molecule has 4 nitrogen and oxygen atoms in total. The lowest BCUT2D eigenvalue weighted by Crippen LogP contribution is -2.38. The van der Waals surface area contributed by atoms with Crippen LogP contribution in [0, 0.1) is 17.8 Å². The van der Waals surface area contributed by atoms with Gasteiger partial charge in [-0.2, -0.15) is 0 Å². The number of carbonyl (C=O) groups excluding carboxylic acids is 1. The van der Waals surface area contributed by atoms with E-state index in [0.29, 0.717) is 18.9 Å². The van der Waals surface area contributed by atoms with Gasteiger partial charge in [-0.25, -0.2) is 0 Å². The van der Waals surface area contributed by atoms with Crippen molar-refractivity contribution in [1.82, 2.24) is 5.32 Å². The van der Waals surface area contributed by atoms with Crippen LogP contribution in [0.5, 0.6) is 0 Å². The molecule has 2 fully saturated rings. The molecule has 2 rings (SSSR count). The highest BCUT2D eigenvalue weighted by Gasteiger charge is 2.31. The van der Waals surface area contributed by atoms with Crippen molar-refractivity contribution in [2.45, 2.75) is 51.4 Å². The van der Waals surface area contributed by atoms with Crippen molar-refractivity contribution < 1.29 is 14.7 Å². The van der Waals surface area contributed by atoms with Gasteiger partial charge in [0.1, 0.15) is 0 Å². The Labute approximate surface area is 108 Å². The van der Waals surface area contributed by atoms with Crippen LogP contribution >= 0.6 is 0 Å². The Hall–Kier alpha value is -1.06. The monoisotopic (exact) mass is 253 g/mol. The predicted octanol–water partition coefficient (Wildman–Crippen LogP) is 2.18. The number of carboxylic acid groups (broad SMARTS) is 1. The summed E-state index contributed by atoms with van der Waals surface area (Å²) in [5.74, 6) is -0.154. The Kier molecular flexibility index (Phi) is 4.61. The van der Waals surface area contributed by atoms with E-state index in [1.807, 2.05) is 0 Å². The first-order chi connectivity index (χ1) is 8.66. The molecule has 0 saturated heterocycles. The summed E-state index contributed by atoms with van der Waals surface area (Å²) in [7, 11) is 0. The van der Waals surface area contributed by atoms with E-state index < -0.39 is 5.97 Å². The van der Waals surface area contributed by atoms with Crippen molar-refractivity contribution >= 4 is 11.9 Å². The lowest BCUT2D eigenvalue weighted by atomic mass is 9.79. The molecule has 2 aliphatic rings. The minimum Gasteiger partial charge on any atom is -0.481 e. The minimum absolute atomic E-state index is 0.106. The topological polar surface area (TPSA) is 66.4 Å². The SMILES string of the molecule is O=C(CC1CCC1)NCC1CCCCC1C(=O)O. The highest BCUT2D eigenvalue weighted by molar-refractivity contribution is 5.76. The first kappa shape index (κ1) is 13.4. The van der Waals surface area contributed by atoms with Gasteiger partial charge >= 0.3 is 5.97 Å². The largest absolute Gasteiger partial charge is 0.481 e. The van der Waals surface area contributed by atoms with E-state index in [1.54, 1.807) is 0 Å². The van der Waals surface area contributed by atoms with Crippen LogP contribution in [0.1, 0.15) is 51.4 Å². The van der Waals surface area contributed by atoms with Gasteiger partial charge in [0.2, 0.25) is 5.91 Å². The number of hydrogen-bond donors (Lipinski definition) is 2. The molecule has 0 heterocycles. The Morgan fingerprint density at radius 2 is 1.78 bits per heavy atom. The van der Waals surface area contributed by atoms with Crippen molar-refractivity contribution in [3.05, 3.63) is 0 Å². The van der Waals surface area contributed by atoms with Crippen molar-refractivity contribution in [3.63, 3.8) is 0 Å². The van der Waals surface area contributed by atoms with Gasteiger partial charge in [0.15, 0.2) is 0 Å². The second-order valence-electron chi connectivity index (χ2n) is 5.79. The first-order valence-corrected chi connectivity index (χ1v) is 7.16. The molecule has 0 aromatic carbocycles. The maximum atomic E-state index is 11.7. The molecule has 0 aromatic rings. The van der Waals surface area contributed by atoms with E-state index in [0.717, 1.165) is 25.7 Å². The van der Waals surface area contributed by atoms with Crippen LogP contribution in [0.2, 0.25) is 0 Å². The Bertz CT molecular complexity index is 312. The standard InChI is InChI=1S/C14H23NO3/c16-13(8-10-4-3-5-10)15-9-11-6-1-2-7-12(11)14(17)18/h10-12H,1-9H2,(H,15,16)(H,17,18). The van der Waals surface area contributed by atoms with Gasteiger partial charge in [0.25, 0.3) is 0 Å². The Morgan fingerprint density at radius 1 is 1.06 bits per heavy atom. The summed E-state index contributed by atoms with van der Waals surface area (Å²) >= 11 is 0. The normalized spacial score (nSPS) is 28.4. The summed E-state index contributed by atoms with van der Waals surface area (Å²) < 4.78 is 0. The van der Waals surface area contributed by atoms with E-state index in [1.165, 1.54) is 19.3 Å². The van der Waals surface area contributed by atoms with E-state index >= 15 is 0 Å². The molecule has 2 unspecified atom stereocenters. The molecule has 0 bridgehead atoms. The number of rotatable bonds is 5. The van der Waals surface area contributed by atoms with Crippen LogP contribution < -0.4 is 5.32 Å². The molecule has 2 atom stereocenters. The first-order valence-electron chi connectivity index (χ1n) is 7.16. The lowest BCUT2D eigenvalue weighted by Gasteiger charge is -2.29. The lowest BCUT2D eigenvalue weighted by molar-refractivity contribution is -0.145. The Morgan fingerprint density at radius 3 is 2.39 bits per heavy atom. The molecular formula is C14H23NO3. The highest BCUT2D eigenvalue weighted by Crippen LogP contribution is 2.31. The quantitative estimate of drug-likeness (QED) is 0.789. The maximum absolute atomic E-state index is 11.7. The summed E-state index contributed by atoms with van der Waals surface area (Å²) in [5.41, 5.74) is 0. The highest BCUT2D eigenvalue weighted by atomic mass is 16.4. The van der Waals surface area contributed by atoms with Gasteiger partial charge in [0, 0.05) is 13.0 Å². The van der Waals surface area contributed by atoms with Gasteiger partial charge in [0.05, 0.1) is 5.92 Å². The molecule has 0 aromatic heterocycles. The molecule has 0 radical (unpaired) electrons. The predicted molar refractivity (Wildman–Crippen MR) is 68.1 cm³/mol. The molecular weight excluding hydrogens is 230 g/mol. The third-order valence-electron chi connectivity index (χ3n) is 4.49. The zero-order chi connectivity index (χ0) is 13.0. The van der Waals surface area contributed by atoms with Crippen LogP contribution in [0.3, 0.4) is 0 Å². The van der Waals surface area contributed by atoms with E-state index in [9.17, 15) is 9.59 Å². The molecule has 0 spiro atoms. The maximum Gasteiger partial charge on any atom is 0.306 e. The summed E-state index contributed by atoms with van der Waals surface area (Å²) in [4.78, 5) is 22.8. The zero-order valence-corrected chi connectivity index (χ0v) is 10.9. The second-order valence-corrected chi connectivity index (χ2v) is 5.79. The number of aliphatic carboxylic acids is 1. The van der Waals surface area contributed by atoms with E-state index in [-0.39, 0.29) is 17.7 Å². The Balaban J connectivity index is 1.73. The van der Waals surface area contributed by atoms with Gasteiger partial charge < -0.3 is 10.4 Å². The van der Waals surface area contributed by atoms with Crippen LogP contribution in [-0.4, -0.2) is 23.5 Å². The van der Waals surface area contributed by atoms with Crippen molar-refractivity contribution in [3.8, 4) is 0 Å². The van der Waals surface area contributed by atoms with Crippen LogP contribution in [0.4, 0.5) is 0 Å². The molecule has 102 valence electrons. The van der Waals surface area contributed by atoms with Crippen LogP contribution in [0.25, 0.3) is 0 Å². The van der Waals surface area contributed by atoms with Crippen molar-refractivity contribution in [2.75, 3.05) is 6.54 Å². The molecule has 2 aliphatic carbocycles. The van der Waals surface area contributed by atoms with E-state index in [2.05, 4.69) is 5.32 Å².